The first-order chi connectivity index (χ1) is 14.7. The molecule has 3 aromatic rings. The number of benzene rings is 1. The third kappa shape index (κ3) is 5.46. The average Bonchev–Trinajstić information content (AvgIpc) is 2.75. The van der Waals surface area contributed by atoms with Crippen LogP contribution in [0.3, 0.4) is 0 Å². The number of hydrogen-bond donors (Lipinski definition) is 2. The van der Waals surface area contributed by atoms with E-state index in [9.17, 15) is 23.1 Å². The third-order valence-electron chi connectivity index (χ3n) is 4.30. The largest absolute Gasteiger partial charge is 0.406 e. The molecule has 0 radical (unpaired) electrons. The first kappa shape index (κ1) is 22.0. The lowest BCUT2D eigenvalue weighted by atomic mass is 10.1. The van der Waals surface area contributed by atoms with Crippen molar-refractivity contribution in [2.24, 2.45) is 0 Å². The number of rotatable bonds is 4. The number of carbonyl (C=O) groups is 1. The van der Waals surface area contributed by atoms with Crippen molar-refractivity contribution >= 4 is 22.6 Å². The van der Waals surface area contributed by atoms with E-state index in [2.05, 4.69) is 26.8 Å². The molecule has 160 valence electrons. The summed E-state index contributed by atoms with van der Waals surface area (Å²) in [7, 11) is 0. The minimum absolute atomic E-state index is 0.205. The van der Waals surface area contributed by atoms with Crippen molar-refractivity contribution in [1.82, 2.24) is 19.9 Å². The quantitative estimate of drug-likeness (QED) is 0.617. The SMILES string of the molecule is CCN(CC(F)(F)F)C(=O)[C@H](O)C#Cc1cccc(-c2ncc3ccnc(N)c3n2)c1. The van der Waals surface area contributed by atoms with E-state index in [1.807, 2.05) is 0 Å². The predicted octanol–water partition coefficient (Wildman–Crippen LogP) is 2.40. The van der Waals surface area contributed by atoms with Crippen molar-refractivity contribution in [3.63, 3.8) is 0 Å². The second-order valence-electron chi connectivity index (χ2n) is 6.55. The fraction of sp³-hybridized carbons (Fsp3) is 0.238. The zero-order valence-corrected chi connectivity index (χ0v) is 16.4. The molecule has 2 heterocycles. The molecule has 2 aromatic heterocycles. The summed E-state index contributed by atoms with van der Waals surface area (Å²) in [6.07, 6.45) is -3.28. The lowest BCUT2D eigenvalue weighted by molar-refractivity contribution is -0.164. The van der Waals surface area contributed by atoms with Gasteiger partial charge in [0.2, 0.25) is 0 Å². The van der Waals surface area contributed by atoms with Gasteiger partial charge in [-0.15, -0.1) is 0 Å². The van der Waals surface area contributed by atoms with Gasteiger partial charge in [0.25, 0.3) is 5.91 Å². The molecule has 0 unspecified atom stereocenters. The Morgan fingerprint density at radius 2 is 2.06 bits per heavy atom. The van der Waals surface area contributed by atoms with Gasteiger partial charge in [0.1, 0.15) is 17.9 Å². The van der Waals surface area contributed by atoms with Crippen molar-refractivity contribution in [2.75, 3.05) is 18.8 Å². The maximum Gasteiger partial charge on any atom is 0.406 e. The molecule has 0 saturated heterocycles. The van der Waals surface area contributed by atoms with E-state index in [0.29, 0.717) is 27.4 Å². The number of alkyl halides is 3. The van der Waals surface area contributed by atoms with E-state index in [1.165, 1.54) is 6.92 Å². The van der Waals surface area contributed by atoms with Crippen molar-refractivity contribution in [1.29, 1.82) is 0 Å². The van der Waals surface area contributed by atoms with Gasteiger partial charge in [-0.3, -0.25) is 4.79 Å². The van der Waals surface area contributed by atoms with Gasteiger partial charge >= 0.3 is 6.18 Å². The fourth-order valence-corrected chi connectivity index (χ4v) is 2.80. The normalized spacial score (nSPS) is 12.2. The van der Waals surface area contributed by atoms with Crippen LogP contribution in [-0.2, 0) is 4.79 Å². The van der Waals surface area contributed by atoms with Crippen LogP contribution in [0.2, 0.25) is 0 Å². The van der Waals surface area contributed by atoms with Gasteiger partial charge in [-0.05, 0) is 25.1 Å². The summed E-state index contributed by atoms with van der Waals surface area (Å²) in [5.74, 6) is 4.42. The number of nitrogens with zero attached hydrogens (tertiary/aromatic N) is 4. The van der Waals surface area contributed by atoms with E-state index >= 15 is 0 Å². The molecule has 7 nitrogen and oxygen atoms in total. The molecule has 1 atom stereocenters. The number of aliphatic hydroxyl groups excluding tert-OH is 1. The van der Waals surface area contributed by atoms with Crippen molar-refractivity contribution < 1.29 is 23.1 Å². The Balaban J connectivity index is 1.82. The van der Waals surface area contributed by atoms with Crippen LogP contribution >= 0.6 is 0 Å². The fourth-order valence-electron chi connectivity index (χ4n) is 2.80. The van der Waals surface area contributed by atoms with Crippen molar-refractivity contribution in [3.8, 4) is 23.2 Å². The molecule has 0 spiro atoms. The van der Waals surface area contributed by atoms with Gasteiger partial charge in [-0.25, -0.2) is 15.0 Å². The molecule has 0 aliphatic rings. The number of halogens is 3. The van der Waals surface area contributed by atoms with Gasteiger partial charge in [-0.2, -0.15) is 13.2 Å². The zero-order chi connectivity index (χ0) is 22.6. The Labute approximate surface area is 175 Å². The van der Waals surface area contributed by atoms with Crippen molar-refractivity contribution in [3.05, 3.63) is 48.3 Å². The van der Waals surface area contributed by atoms with Crippen LogP contribution in [0, 0.1) is 11.8 Å². The summed E-state index contributed by atoms with van der Waals surface area (Å²) >= 11 is 0. The summed E-state index contributed by atoms with van der Waals surface area (Å²) in [6.45, 7) is -0.267. The molecule has 0 aliphatic carbocycles. The van der Waals surface area contributed by atoms with Crippen LogP contribution in [0.25, 0.3) is 22.3 Å². The number of amides is 1. The molecule has 10 heteroatoms. The number of aromatic nitrogens is 3. The maximum absolute atomic E-state index is 12.6. The van der Waals surface area contributed by atoms with E-state index in [-0.39, 0.29) is 12.4 Å². The molecule has 0 aliphatic heterocycles. The number of likely N-dealkylation sites (N-methyl/N-ethyl adjacent to an activating group) is 1. The van der Waals surface area contributed by atoms with Crippen LogP contribution in [0.4, 0.5) is 19.0 Å². The highest BCUT2D eigenvalue weighted by molar-refractivity contribution is 5.87. The van der Waals surface area contributed by atoms with Gasteiger partial charge < -0.3 is 15.7 Å². The minimum Gasteiger partial charge on any atom is -0.382 e. The highest BCUT2D eigenvalue weighted by atomic mass is 19.4. The Kier molecular flexibility index (Phi) is 6.36. The first-order valence-corrected chi connectivity index (χ1v) is 9.20. The lowest BCUT2D eigenvalue weighted by Gasteiger charge is -2.23. The zero-order valence-electron chi connectivity index (χ0n) is 16.4. The molecule has 0 fully saturated rings. The van der Waals surface area contributed by atoms with Crippen LogP contribution in [-0.4, -0.2) is 56.2 Å². The topological polar surface area (TPSA) is 105 Å². The second kappa shape index (κ2) is 8.97. The lowest BCUT2D eigenvalue weighted by Crippen LogP contribution is -2.43. The monoisotopic (exact) mass is 429 g/mol. The summed E-state index contributed by atoms with van der Waals surface area (Å²) in [6, 6.07) is 8.40. The van der Waals surface area contributed by atoms with E-state index in [0.717, 1.165) is 5.39 Å². The smallest absolute Gasteiger partial charge is 0.382 e. The van der Waals surface area contributed by atoms with E-state index in [1.54, 1.807) is 42.7 Å². The van der Waals surface area contributed by atoms with Gasteiger partial charge in [0, 0.05) is 35.5 Å². The number of carbonyl (C=O) groups excluding carboxylic acids is 1. The average molecular weight is 429 g/mol. The summed E-state index contributed by atoms with van der Waals surface area (Å²) in [4.78, 5) is 25.3. The highest BCUT2D eigenvalue weighted by Crippen LogP contribution is 2.21. The number of nitrogens with two attached hydrogens (primary N) is 1. The summed E-state index contributed by atoms with van der Waals surface area (Å²) in [5.41, 5.74) is 7.38. The third-order valence-corrected chi connectivity index (χ3v) is 4.30. The molecule has 0 saturated carbocycles. The minimum atomic E-state index is -4.56. The first-order valence-electron chi connectivity index (χ1n) is 9.20. The second-order valence-corrected chi connectivity index (χ2v) is 6.55. The Bertz CT molecular complexity index is 1170. The maximum atomic E-state index is 12.6. The standard InChI is InChI=1S/C21H18F3N5O2/c1-2-29(12-21(22,23)24)20(31)16(30)7-6-13-4-3-5-14(10-13)19-27-11-15-8-9-26-18(25)17(15)28-19/h3-5,8-11,16,30H,2,12H2,1H3,(H2,25,26)/t16-/m1/s1. The molecule has 3 rings (SSSR count). The van der Waals surface area contributed by atoms with E-state index < -0.39 is 24.7 Å². The molecule has 1 aromatic carbocycles. The molecule has 1 amide bonds. The Hall–Kier alpha value is -3.71. The highest BCUT2D eigenvalue weighted by Gasteiger charge is 2.33. The van der Waals surface area contributed by atoms with Crippen LogP contribution < -0.4 is 5.73 Å². The molecule has 31 heavy (non-hydrogen) atoms. The van der Waals surface area contributed by atoms with Crippen molar-refractivity contribution in [2.45, 2.75) is 19.2 Å². The predicted molar refractivity (Wildman–Crippen MR) is 108 cm³/mol. The summed E-state index contributed by atoms with van der Waals surface area (Å²) in [5, 5.41) is 10.7. The Morgan fingerprint density at radius 3 is 2.77 bits per heavy atom. The van der Waals surface area contributed by atoms with Crippen LogP contribution in [0.15, 0.2) is 42.7 Å². The van der Waals surface area contributed by atoms with Gasteiger partial charge in [-0.1, -0.05) is 24.0 Å². The number of pyridine rings is 1. The molecular weight excluding hydrogens is 411 g/mol. The van der Waals surface area contributed by atoms with Crippen LogP contribution in [0.5, 0.6) is 0 Å². The molecular formula is C21H18F3N5O2. The molecule has 0 bridgehead atoms. The van der Waals surface area contributed by atoms with Gasteiger partial charge in [0.05, 0.1) is 0 Å². The number of hydrogen-bond acceptors (Lipinski definition) is 6. The van der Waals surface area contributed by atoms with E-state index in [4.69, 9.17) is 5.73 Å². The van der Waals surface area contributed by atoms with Crippen LogP contribution in [0.1, 0.15) is 12.5 Å². The number of anilines is 1. The van der Waals surface area contributed by atoms with Gasteiger partial charge in [0.15, 0.2) is 11.9 Å². The Morgan fingerprint density at radius 1 is 1.29 bits per heavy atom. The number of aliphatic hydroxyl groups is 1. The number of nitrogen functional groups attached to an aromatic ring is 1. The molecule has 3 N–H and O–H groups in total. The number of fused-ring (bicyclic) bond motifs is 1. The summed E-state index contributed by atoms with van der Waals surface area (Å²) < 4.78 is 37.7.